The third kappa shape index (κ3) is 2.58. The fourth-order valence-corrected chi connectivity index (χ4v) is 2.88. The Morgan fingerprint density at radius 1 is 1.40 bits per heavy atom. The third-order valence-corrected chi connectivity index (χ3v) is 4.08. The summed E-state index contributed by atoms with van der Waals surface area (Å²) in [6, 6.07) is 7.85. The minimum absolute atomic E-state index is 0.303. The second-order valence-electron chi connectivity index (χ2n) is 4.95. The van der Waals surface area contributed by atoms with Crippen LogP contribution in [0.5, 0.6) is 0 Å². The van der Waals surface area contributed by atoms with Crippen LogP contribution in [0.3, 0.4) is 0 Å². The number of carboxylic acid groups (broad SMARTS) is 1. The predicted molar refractivity (Wildman–Crippen MR) is 78.3 cm³/mol. The van der Waals surface area contributed by atoms with Gasteiger partial charge in [0.1, 0.15) is 0 Å². The summed E-state index contributed by atoms with van der Waals surface area (Å²) in [5, 5.41) is 9.08. The van der Waals surface area contributed by atoms with E-state index in [2.05, 4.69) is 25.9 Å². The zero-order chi connectivity index (χ0) is 14.1. The molecule has 1 aromatic carbocycles. The van der Waals surface area contributed by atoms with Crippen molar-refractivity contribution in [3.05, 3.63) is 46.2 Å². The highest BCUT2D eigenvalue weighted by molar-refractivity contribution is 9.10. The minimum atomic E-state index is -0.730. The first-order valence-electron chi connectivity index (χ1n) is 6.47. The fourth-order valence-electron chi connectivity index (χ4n) is 2.48. The highest BCUT2D eigenvalue weighted by Crippen LogP contribution is 2.26. The zero-order valence-corrected chi connectivity index (χ0v) is 12.3. The van der Waals surface area contributed by atoms with Gasteiger partial charge < -0.3 is 5.11 Å². The quantitative estimate of drug-likeness (QED) is 0.917. The van der Waals surface area contributed by atoms with Crippen LogP contribution in [0.1, 0.15) is 17.7 Å². The van der Waals surface area contributed by atoms with Crippen molar-refractivity contribution < 1.29 is 9.90 Å². The van der Waals surface area contributed by atoms with Crippen molar-refractivity contribution in [2.24, 2.45) is 5.92 Å². The van der Waals surface area contributed by atoms with Crippen LogP contribution >= 0.6 is 15.9 Å². The summed E-state index contributed by atoms with van der Waals surface area (Å²) in [5.74, 6) is -0.339. The number of halogens is 1. The molecule has 1 aromatic heterocycles. The predicted octanol–water partition coefficient (Wildman–Crippen LogP) is 3.10. The van der Waals surface area contributed by atoms with Crippen LogP contribution in [-0.4, -0.2) is 21.0 Å². The molecule has 102 valence electrons. The van der Waals surface area contributed by atoms with Crippen LogP contribution in [0.2, 0.25) is 0 Å². The van der Waals surface area contributed by atoms with Gasteiger partial charge in [0.05, 0.1) is 5.92 Å². The van der Waals surface area contributed by atoms with Crippen LogP contribution in [0.25, 0.3) is 11.4 Å². The molecule has 0 fully saturated rings. The summed E-state index contributed by atoms with van der Waals surface area (Å²) in [7, 11) is 0. The number of rotatable bonds is 2. The van der Waals surface area contributed by atoms with Gasteiger partial charge in [0.25, 0.3) is 0 Å². The molecule has 0 radical (unpaired) electrons. The average Bonchev–Trinajstić information content (AvgIpc) is 2.46. The molecule has 1 aliphatic carbocycles. The van der Waals surface area contributed by atoms with E-state index in [-0.39, 0.29) is 5.92 Å². The minimum Gasteiger partial charge on any atom is -0.481 e. The average molecular weight is 333 g/mol. The van der Waals surface area contributed by atoms with Gasteiger partial charge in [-0.1, -0.05) is 28.1 Å². The van der Waals surface area contributed by atoms with E-state index in [1.165, 1.54) is 0 Å². The van der Waals surface area contributed by atoms with Gasteiger partial charge in [-0.2, -0.15) is 0 Å². The molecule has 1 N–H and O–H groups in total. The number of benzene rings is 1. The Labute approximate surface area is 125 Å². The first-order chi connectivity index (χ1) is 9.63. The van der Waals surface area contributed by atoms with Crippen LogP contribution in [0.15, 0.2) is 34.9 Å². The molecule has 2 aromatic rings. The number of carboxylic acids is 1. The van der Waals surface area contributed by atoms with Crippen molar-refractivity contribution in [1.82, 2.24) is 9.97 Å². The van der Waals surface area contributed by atoms with Gasteiger partial charge in [-0.15, -0.1) is 0 Å². The van der Waals surface area contributed by atoms with E-state index >= 15 is 0 Å². The molecular formula is C15H13BrN2O2. The lowest BCUT2D eigenvalue weighted by atomic mass is 9.87. The van der Waals surface area contributed by atoms with Crippen molar-refractivity contribution in [2.75, 3.05) is 0 Å². The van der Waals surface area contributed by atoms with E-state index in [9.17, 15) is 4.79 Å². The Balaban J connectivity index is 1.93. The molecule has 0 bridgehead atoms. The topological polar surface area (TPSA) is 63.1 Å². The fraction of sp³-hybridized carbons (Fsp3) is 0.267. The van der Waals surface area contributed by atoms with Gasteiger partial charge >= 0.3 is 5.97 Å². The summed E-state index contributed by atoms with van der Waals surface area (Å²) in [6.45, 7) is 0. The Morgan fingerprint density at radius 3 is 3.00 bits per heavy atom. The largest absolute Gasteiger partial charge is 0.481 e. The van der Waals surface area contributed by atoms with Crippen molar-refractivity contribution in [1.29, 1.82) is 0 Å². The molecule has 0 saturated carbocycles. The van der Waals surface area contributed by atoms with Gasteiger partial charge in [0.2, 0.25) is 0 Å². The lowest BCUT2D eigenvalue weighted by Crippen LogP contribution is -2.23. The number of carbonyl (C=O) groups is 1. The van der Waals surface area contributed by atoms with Gasteiger partial charge in [0.15, 0.2) is 5.82 Å². The number of fused-ring (bicyclic) bond motifs is 1. The molecule has 1 aliphatic rings. The van der Waals surface area contributed by atoms with Gasteiger partial charge in [-0.3, -0.25) is 4.79 Å². The highest BCUT2D eigenvalue weighted by atomic mass is 79.9. The first kappa shape index (κ1) is 13.2. The molecule has 1 atom stereocenters. The van der Waals surface area contributed by atoms with Gasteiger partial charge in [-0.25, -0.2) is 9.97 Å². The summed E-state index contributed by atoms with van der Waals surface area (Å²) in [5.41, 5.74) is 2.90. The molecular weight excluding hydrogens is 320 g/mol. The molecule has 0 amide bonds. The molecule has 5 heteroatoms. The molecule has 1 heterocycles. The van der Waals surface area contributed by atoms with Crippen molar-refractivity contribution in [3.63, 3.8) is 0 Å². The standard InChI is InChI=1S/C15H13BrN2O2/c16-12-3-1-2-9(7-12)14-17-8-11-6-10(15(19)20)4-5-13(11)18-14/h1-3,7-8,10H,4-6H2,(H,19,20). The van der Waals surface area contributed by atoms with E-state index in [1.807, 2.05) is 24.3 Å². The van der Waals surface area contributed by atoms with Crippen LogP contribution < -0.4 is 0 Å². The van der Waals surface area contributed by atoms with E-state index in [4.69, 9.17) is 5.11 Å². The number of hydrogen-bond donors (Lipinski definition) is 1. The summed E-state index contributed by atoms with van der Waals surface area (Å²) in [4.78, 5) is 20.0. The second-order valence-corrected chi connectivity index (χ2v) is 5.87. The smallest absolute Gasteiger partial charge is 0.306 e. The van der Waals surface area contributed by atoms with E-state index in [0.29, 0.717) is 25.1 Å². The zero-order valence-electron chi connectivity index (χ0n) is 10.7. The molecule has 3 rings (SSSR count). The van der Waals surface area contributed by atoms with Crippen molar-refractivity contribution >= 4 is 21.9 Å². The van der Waals surface area contributed by atoms with E-state index in [1.54, 1.807) is 6.20 Å². The SMILES string of the molecule is O=C(O)C1CCc2nc(-c3cccc(Br)c3)ncc2C1. The van der Waals surface area contributed by atoms with Crippen LogP contribution in [0, 0.1) is 5.92 Å². The van der Waals surface area contributed by atoms with Crippen molar-refractivity contribution in [2.45, 2.75) is 19.3 Å². The number of aromatic nitrogens is 2. The number of aryl methyl sites for hydroxylation is 1. The molecule has 0 saturated heterocycles. The lowest BCUT2D eigenvalue weighted by Gasteiger charge is -2.20. The van der Waals surface area contributed by atoms with Crippen LogP contribution in [0.4, 0.5) is 0 Å². The number of hydrogen-bond acceptors (Lipinski definition) is 3. The first-order valence-corrected chi connectivity index (χ1v) is 7.26. The summed E-state index contributed by atoms with van der Waals surface area (Å²) in [6.07, 6.45) is 3.66. The molecule has 1 unspecified atom stereocenters. The summed E-state index contributed by atoms with van der Waals surface area (Å²) < 4.78 is 0.988. The molecule has 0 spiro atoms. The molecule has 0 aliphatic heterocycles. The third-order valence-electron chi connectivity index (χ3n) is 3.58. The maximum Gasteiger partial charge on any atom is 0.306 e. The Kier molecular flexibility index (Phi) is 3.53. The molecule has 4 nitrogen and oxygen atoms in total. The Bertz CT molecular complexity index is 673. The van der Waals surface area contributed by atoms with Gasteiger partial charge in [0, 0.05) is 21.9 Å². The Morgan fingerprint density at radius 2 is 2.25 bits per heavy atom. The van der Waals surface area contributed by atoms with E-state index in [0.717, 1.165) is 21.3 Å². The monoisotopic (exact) mass is 332 g/mol. The maximum absolute atomic E-state index is 11.0. The van der Waals surface area contributed by atoms with Crippen molar-refractivity contribution in [3.8, 4) is 11.4 Å². The number of nitrogens with zero attached hydrogens (tertiary/aromatic N) is 2. The van der Waals surface area contributed by atoms with Crippen LogP contribution in [-0.2, 0) is 17.6 Å². The Hall–Kier alpha value is -1.75. The lowest BCUT2D eigenvalue weighted by molar-refractivity contribution is -0.142. The number of aliphatic carboxylic acids is 1. The maximum atomic E-state index is 11.0. The normalized spacial score (nSPS) is 17.6. The molecule has 20 heavy (non-hydrogen) atoms. The van der Waals surface area contributed by atoms with E-state index < -0.39 is 5.97 Å². The second kappa shape index (κ2) is 5.32. The highest BCUT2D eigenvalue weighted by Gasteiger charge is 2.25. The van der Waals surface area contributed by atoms with Gasteiger partial charge in [-0.05, 0) is 37.0 Å². The summed E-state index contributed by atoms with van der Waals surface area (Å²) >= 11 is 3.44.